The van der Waals surface area contributed by atoms with Crippen LogP contribution in [0.15, 0.2) is 12.5 Å². The van der Waals surface area contributed by atoms with Crippen molar-refractivity contribution < 1.29 is 30.1 Å². The molecule has 0 spiro atoms. The molecule has 3 rings (SSSR count). The molecule has 1 aliphatic rings. The van der Waals surface area contributed by atoms with E-state index in [1.807, 2.05) is 0 Å². The van der Waals surface area contributed by atoms with Crippen molar-refractivity contribution in [3.05, 3.63) is 18.1 Å². The fraction of sp³-hybridized carbons (Fsp3) is 0.417. The summed E-state index contributed by atoms with van der Waals surface area (Å²) in [6.07, 6.45) is -2.32. The Bertz CT molecular complexity index is 749. The van der Waals surface area contributed by atoms with E-state index in [9.17, 15) is 15.0 Å². The molecule has 1 amide bonds. The standard InChI is InChI=1S/C12H15N5O6/c13-9-6-4(11(21)16-22)1-17(10(6)15-3-14-9)12-8(20)7(19)5(2-18)23-12/h1,3,5,7-8,12,18-20,22H,2H2,(H,16,21)(H2,13,14,15). The first-order valence-electron chi connectivity index (χ1n) is 6.67. The van der Waals surface area contributed by atoms with Gasteiger partial charge in [0.2, 0.25) is 0 Å². The Morgan fingerprint density at radius 2 is 2.13 bits per heavy atom. The van der Waals surface area contributed by atoms with Gasteiger partial charge in [0, 0.05) is 6.20 Å². The van der Waals surface area contributed by atoms with Crippen molar-refractivity contribution >= 4 is 22.8 Å². The molecule has 11 nitrogen and oxygen atoms in total. The highest BCUT2D eigenvalue weighted by Gasteiger charge is 2.44. The van der Waals surface area contributed by atoms with E-state index in [-0.39, 0.29) is 22.4 Å². The number of nitrogens with zero attached hydrogens (tertiary/aromatic N) is 3. The highest BCUT2D eigenvalue weighted by atomic mass is 16.6. The minimum Gasteiger partial charge on any atom is -0.394 e. The van der Waals surface area contributed by atoms with Gasteiger partial charge in [-0.1, -0.05) is 0 Å². The Balaban J connectivity index is 2.16. The number of hydrogen-bond acceptors (Lipinski definition) is 9. The number of anilines is 1. The molecule has 0 aromatic carbocycles. The Morgan fingerprint density at radius 3 is 2.74 bits per heavy atom. The van der Waals surface area contributed by atoms with Gasteiger partial charge in [0.05, 0.1) is 17.6 Å². The summed E-state index contributed by atoms with van der Waals surface area (Å²) in [6.45, 7) is -0.491. The molecule has 4 unspecified atom stereocenters. The maximum atomic E-state index is 11.8. The molecule has 0 aliphatic carbocycles. The summed E-state index contributed by atoms with van der Waals surface area (Å²) < 4.78 is 6.71. The summed E-state index contributed by atoms with van der Waals surface area (Å²) in [6, 6.07) is 0. The molecular weight excluding hydrogens is 310 g/mol. The second kappa shape index (κ2) is 5.72. The lowest BCUT2D eigenvalue weighted by atomic mass is 10.1. The molecule has 2 aromatic heterocycles. The van der Waals surface area contributed by atoms with Crippen LogP contribution in [0.4, 0.5) is 5.82 Å². The minimum atomic E-state index is -1.36. The number of hydroxylamine groups is 1. The van der Waals surface area contributed by atoms with Gasteiger partial charge >= 0.3 is 0 Å². The van der Waals surface area contributed by atoms with Gasteiger partial charge < -0.3 is 30.4 Å². The minimum absolute atomic E-state index is 0.000839. The highest BCUT2D eigenvalue weighted by Crippen LogP contribution is 2.34. The number of carbonyl (C=O) groups is 1. The SMILES string of the molecule is Nc1ncnc2c1c(C(=O)NO)cn2C1OC(CO)C(O)C1O. The number of aliphatic hydroxyl groups is 3. The third kappa shape index (κ3) is 2.31. The largest absolute Gasteiger partial charge is 0.394 e. The number of nitrogen functional groups attached to an aromatic ring is 1. The van der Waals surface area contributed by atoms with Crippen LogP contribution < -0.4 is 11.2 Å². The van der Waals surface area contributed by atoms with Gasteiger partial charge in [-0.3, -0.25) is 10.0 Å². The summed E-state index contributed by atoms with van der Waals surface area (Å²) in [7, 11) is 0. The Morgan fingerprint density at radius 1 is 1.39 bits per heavy atom. The topological polar surface area (TPSA) is 176 Å². The lowest BCUT2D eigenvalue weighted by Crippen LogP contribution is -2.33. The van der Waals surface area contributed by atoms with Crippen LogP contribution in [0, 0.1) is 0 Å². The van der Waals surface area contributed by atoms with Crippen LogP contribution in [0.25, 0.3) is 11.0 Å². The number of fused-ring (bicyclic) bond motifs is 1. The Labute approximate surface area is 128 Å². The lowest BCUT2D eigenvalue weighted by Gasteiger charge is -2.17. The second-order valence-corrected chi connectivity index (χ2v) is 5.08. The van der Waals surface area contributed by atoms with Crippen LogP contribution >= 0.6 is 0 Å². The molecule has 1 saturated heterocycles. The number of aliphatic hydroxyl groups excluding tert-OH is 3. The summed E-state index contributed by atoms with van der Waals surface area (Å²) >= 11 is 0. The fourth-order valence-corrected chi connectivity index (χ4v) is 2.64. The Hall–Kier alpha value is -2.31. The average Bonchev–Trinajstić information content (AvgIpc) is 3.07. The van der Waals surface area contributed by atoms with E-state index in [4.69, 9.17) is 20.8 Å². The maximum Gasteiger partial charge on any atom is 0.277 e. The van der Waals surface area contributed by atoms with Crippen LogP contribution in [-0.2, 0) is 4.74 Å². The molecule has 7 N–H and O–H groups in total. The summed E-state index contributed by atoms with van der Waals surface area (Å²) in [5.41, 5.74) is 7.39. The second-order valence-electron chi connectivity index (χ2n) is 5.08. The number of ether oxygens (including phenoxy) is 1. The number of carbonyl (C=O) groups excluding carboxylic acids is 1. The van der Waals surface area contributed by atoms with E-state index >= 15 is 0 Å². The van der Waals surface area contributed by atoms with Crippen LogP contribution in [-0.4, -0.2) is 65.9 Å². The van der Waals surface area contributed by atoms with E-state index in [0.717, 1.165) is 6.33 Å². The molecular formula is C12H15N5O6. The molecule has 1 fully saturated rings. The number of rotatable bonds is 3. The van der Waals surface area contributed by atoms with Crippen LogP contribution in [0.5, 0.6) is 0 Å². The van der Waals surface area contributed by atoms with Gasteiger partial charge in [-0.2, -0.15) is 0 Å². The number of hydrogen-bond donors (Lipinski definition) is 6. The van der Waals surface area contributed by atoms with Crippen molar-refractivity contribution in [3.8, 4) is 0 Å². The zero-order chi connectivity index (χ0) is 16.7. The van der Waals surface area contributed by atoms with Gasteiger partial charge in [-0.15, -0.1) is 0 Å². The van der Waals surface area contributed by atoms with Crippen molar-refractivity contribution in [2.75, 3.05) is 12.3 Å². The smallest absolute Gasteiger partial charge is 0.277 e. The monoisotopic (exact) mass is 325 g/mol. The van der Waals surface area contributed by atoms with E-state index in [2.05, 4.69) is 9.97 Å². The van der Waals surface area contributed by atoms with Crippen LogP contribution in [0.1, 0.15) is 16.6 Å². The quantitative estimate of drug-likeness (QED) is 0.268. The third-order valence-corrected chi connectivity index (χ3v) is 3.78. The summed E-state index contributed by atoms with van der Waals surface area (Å²) in [4.78, 5) is 19.6. The highest BCUT2D eigenvalue weighted by molar-refractivity contribution is 6.09. The lowest BCUT2D eigenvalue weighted by molar-refractivity contribution is -0.0509. The van der Waals surface area contributed by atoms with Crippen molar-refractivity contribution in [2.45, 2.75) is 24.5 Å². The van der Waals surface area contributed by atoms with E-state index in [0.29, 0.717) is 0 Å². The molecule has 1 aliphatic heterocycles. The molecule has 11 heteroatoms. The first-order chi connectivity index (χ1) is 11.0. The molecule has 2 aromatic rings. The molecule has 23 heavy (non-hydrogen) atoms. The summed E-state index contributed by atoms with van der Waals surface area (Å²) in [5, 5.41) is 38.1. The molecule has 0 bridgehead atoms. The maximum absolute atomic E-state index is 11.8. The van der Waals surface area contributed by atoms with Gasteiger partial charge in [0.25, 0.3) is 5.91 Å². The molecule has 0 radical (unpaired) electrons. The Kier molecular flexibility index (Phi) is 3.87. The zero-order valence-corrected chi connectivity index (χ0v) is 11.7. The predicted octanol–water partition coefficient (Wildman–Crippen LogP) is -2.26. The predicted molar refractivity (Wildman–Crippen MR) is 74.2 cm³/mol. The van der Waals surface area contributed by atoms with E-state index < -0.39 is 37.1 Å². The van der Waals surface area contributed by atoms with Crippen molar-refractivity contribution in [1.29, 1.82) is 0 Å². The number of aromatic nitrogens is 3. The number of nitrogens with one attached hydrogen (secondary N) is 1. The van der Waals surface area contributed by atoms with Crippen molar-refractivity contribution in [3.63, 3.8) is 0 Å². The van der Waals surface area contributed by atoms with Crippen molar-refractivity contribution in [2.24, 2.45) is 0 Å². The number of amides is 1. The summed E-state index contributed by atoms with van der Waals surface area (Å²) in [5.74, 6) is -0.846. The normalized spacial score (nSPS) is 27.5. The van der Waals surface area contributed by atoms with E-state index in [1.165, 1.54) is 16.2 Å². The van der Waals surface area contributed by atoms with Gasteiger partial charge in [-0.05, 0) is 0 Å². The van der Waals surface area contributed by atoms with Crippen molar-refractivity contribution in [1.82, 2.24) is 20.0 Å². The molecule has 0 saturated carbocycles. The van der Waals surface area contributed by atoms with Gasteiger partial charge in [0.1, 0.15) is 36.1 Å². The fourth-order valence-electron chi connectivity index (χ4n) is 2.64. The van der Waals surface area contributed by atoms with Gasteiger partial charge in [0.15, 0.2) is 6.23 Å². The zero-order valence-electron chi connectivity index (χ0n) is 11.7. The van der Waals surface area contributed by atoms with Crippen LogP contribution in [0.2, 0.25) is 0 Å². The van der Waals surface area contributed by atoms with Crippen LogP contribution in [0.3, 0.4) is 0 Å². The molecule has 3 heterocycles. The average molecular weight is 325 g/mol. The number of nitrogens with two attached hydrogens (primary N) is 1. The molecule has 124 valence electrons. The first-order valence-corrected chi connectivity index (χ1v) is 6.67. The third-order valence-electron chi connectivity index (χ3n) is 3.78. The first kappa shape index (κ1) is 15.6. The van der Waals surface area contributed by atoms with Gasteiger partial charge in [-0.25, -0.2) is 15.4 Å². The molecule has 4 atom stereocenters. The van der Waals surface area contributed by atoms with E-state index in [1.54, 1.807) is 0 Å².